The van der Waals surface area contributed by atoms with E-state index in [0.717, 1.165) is 35.5 Å². The Balaban J connectivity index is 1.61. The molecular formula is C16H26. The highest BCUT2D eigenvalue weighted by Gasteiger charge is 2.47. The number of fused-ring (bicyclic) bond motifs is 2. The van der Waals surface area contributed by atoms with Crippen LogP contribution >= 0.6 is 0 Å². The summed E-state index contributed by atoms with van der Waals surface area (Å²) in [7, 11) is 0. The molecule has 2 saturated carbocycles. The minimum atomic E-state index is 0.857. The Morgan fingerprint density at radius 1 is 1.00 bits per heavy atom. The van der Waals surface area contributed by atoms with E-state index in [-0.39, 0.29) is 0 Å². The van der Waals surface area contributed by atoms with Crippen molar-refractivity contribution in [2.75, 3.05) is 0 Å². The summed E-state index contributed by atoms with van der Waals surface area (Å²) in [4.78, 5) is 0. The lowest BCUT2D eigenvalue weighted by molar-refractivity contribution is 0.199. The van der Waals surface area contributed by atoms with E-state index in [9.17, 15) is 0 Å². The molecule has 6 unspecified atom stereocenters. The third kappa shape index (κ3) is 1.75. The SMILES string of the molecule is CCCC1CC2CC1CC2C1C=CC(C)C1. The topological polar surface area (TPSA) is 0 Å². The van der Waals surface area contributed by atoms with Gasteiger partial charge in [0.1, 0.15) is 0 Å². The van der Waals surface area contributed by atoms with Crippen LogP contribution in [0, 0.1) is 35.5 Å². The first-order valence-corrected chi connectivity index (χ1v) is 7.46. The van der Waals surface area contributed by atoms with Crippen molar-refractivity contribution in [2.24, 2.45) is 35.5 Å². The minimum Gasteiger partial charge on any atom is -0.0854 e. The summed E-state index contributed by atoms with van der Waals surface area (Å²) < 4.78 is 0. The highest BCUT2D eigenvalue weighted by molar-refractivity contribution is 5.07. The number of hydrogen-bond acceptors (Lipinski definition) is 0. The third-order valence-corrected chi connectivity index (χ3v) is 5.60. The fourth-order valence-electron chi connectivity index (χ4n) is 4.92. The monoisotopic (exact) mass is 218 g/mol. The zero-order valence-electron chi connectivity index (χ0n) is 10.9. The fourth-order valence-corrected chi connectivity index (χ4v) is 4.92. The van der Waals surface area contributed by atoms with E-state index in [2.05, 4.69) is 26.0 Å². The van der Waals surface area contributed by atoms with Crippen LogP contribution in [-0.4, -0.2) is 0 Å². The van der Waals surface area contributed by atoms with Gasteiger partial charge in [0.25, 0.3) is 0 Å². The zero-order chi connectivity index (χ0) is 11.1. The molecule has 2 bridgehead atoms. The highest BCUT2D eigenvalue weighted by Crippen LogP contribution is 2.56. The van der Waals surface area contributed by atoms with Gasteiger partial charge in [-0.2, -0.15) is 0 Å². The summed E-state index contributed by atoms with van der Waals surface area (Å²) in [5, 5.41) is 0. The Hall–Kier alpha value is -0.260. The molecule has 0 aliphatic heterocycles. The van der Waals surface area contributed by atoms with E-state index in [1.807, 2.05) is 0 Å². The summed E-state index contributed by atoms with van der Waals surface area (Å²) in [6.07, 6.45) is 14.1. The van der Waals surface area contributed by atoms with Crippen molar-refractivity contribution in [3.05, 3.63) is 12.2 Å². The molecule has 3 aliphatic carbocycles. The Bertz CT molecular complexity index is 278. The first-order valence-electron chi connectivity index (χ1n) is 7.46. The molecule has 3 aliphatic rings. The normalized spacial score (nSPS) is 50.4. The van der Waals surface area contributed by atoms with Crippen molar-refractivity contribution in [1.82, 2.24) is 0 Å². The molecule has 0 heterocycles. The molecule has 6 atom stereocenters. The fraction of sp³-hybridized carbons (Fsp3) is 0.875. The molecule has 0 nitrogen and oxygen atoms in total. The summed E-state index contributed by atoms with van der Waals surface area (Å²) in [5.74, 6) is 6.19. The van der Waals surface area contributed by atoms with Crippen molar-refractivity contribution in [3.63, 3.8) is 0 Å². The summed E-state index contributed by atoms with van der Waals surface area (Å²) in [5.41, 5.74) is 0. The molecule has 0 aromatic heterocycles. The summed E-state index contributed by atoms with van der Waals surface area (Å²) in [6.45, 7) is 4.73. The third-order valence-electron chi connectivity index (χ3n) is 5.60. The van der Waals surface area contributed by atoms with Crippen LogP contribution in [0.2, 0.25) is 0 Å². The molecule has 16 heavy (non-hydrogen) atoms. The Labute approximate surface area is 101 Å². The van der Waals surface area contributed by atoms with E-state index in [0.29, 0.717) is 0 Å². The lowest BCUT2D eigenvalue weighted by Crippen LogP contribution is -2.23. The number of rotatable bonds is 3. The van der Waals surface area contributed by atoms with Crippen LogP contribution in [0.15, 0.2) is 12.2 Å². The van der Waals surface area contributed by atoms with Crippen LogP contribution in [0.3, 0.4) is 0 Å². The van der Waals surface area contributed by atoms with Gasteiger partial charge in [0.2, 0.25) is 0 Å². The lowest BCUT2D eigenvalue weighted by Gasteiger charge is -2.31. The highest BCUT2D eigenvalue weighted by atomic mass is 14.5. The molecule has 3 rings (SSSR count). The number of allylic oxidation sites excluding steroid dienone is 2. The van der Waals surface area contributed by atoms with Crippen LogP contribution < -0.4 is 0 Å². The smallest absolute Gasteiger partial charge is 0.0197 e. The lowest BCUT2D eigenvalue weighted by atomic mass is 9.74. The van der Waals surface area contributed by atoms with Gasteiger partial charge in [-0.25, -0.2) is 0 Å². The average molecular weight is 218 g/mol. The molecule has 0 radical (unpaired) electrons. The van der Waals surface area contributed by atoms with Crippen molar-refractivity contribution < 1.29 is 0 Å². The summed E-state index contributed by atoms with van der Waals surface area (Å²) >= 11 is 0. The molecule has 0 saturated heterocycles. The molecule has 0 aromatic carbocycles. The molecular weight excluding hydrogens is 192 g/mol. The molecule has 90 valence electrons. The quantitative estimate of drug-likeness (QED) is 0.604. The molecule has 0 aromatic rings. The summed E-state index contributed by atoms with van der Waals surface area (Å²) in [6, 6.07) is 0. The van der Waals surface area contributed by atoms with E-state index in [1.54, 1.807) is 19.3 Å². The Morgan fingerprint density at radius 2 is 1.88 bits per heavy atom. The van der Waals surface area contributed by atoms with Gasteiger partial charge in [0.15, 0.2) is 0 Å². The van der Waals surface area contributed by atoms with Gasteiger partial charge >= 0.3 is 0 Å². The van der Waals surface area contributed by atoms with Gasteiger partial charge in [-0.3, -0.25) is 0 Å². The van der Waals surface area contributed by atoms with E-state index in [1.165, 1.54) is 19.3 Å². The molecule has 0 spiro atoms. The predicted octanol–water partition coefficient (Wildman–Crippen LogP) is 4.66. The molecule has 2 fully saturated rings. The standard InChI is InChI=1S/C16H26/c1-3-4-12-8-15-9-14(12)10-16(15)13-6-5-11(2)7-13/h5-6,11-16H,3-4,7-10H2,1-2H3. The van der Waals surface area contributed by atoms with Crippen LogP contribution in [0.25, 0.3) is 0 Å². The van der Waals surface area contributed by atoms with Crippen molar-refractivity contribution in [3.8, 4) is 0 Å². The van der Waals surface area contributed by atoms with Crippen LogP contribution in [0.1, 0.15) is 52.4 Å². The van der Waals surface area contributed by atoms with E-state index in [4.69, 9.17) is 0 Å². The second kappa shape index (κ2) is 4.20. The van der Waals surface area contributed by atoms with Crippen LogP contribution in [0.4, 0.5) is 0 Å². The molecule has 0 N–H and O–H groups in total. The molecule has 0 amide bonds. The largest absolute Gasteiger partial charge is 0.0854 e. The van der Waals surface area contributed by atoms with Crippen molar-refractivity contribution >= 4 is 0 Å². The first-order chi connectivity index (χ1) is 7.78. The van der Waals surface area contributed by atoms with Gasteiger partial charge in [0, 0.05) is 0 Å². The van der Waals surface area contributed by atoms with Crippen molar-refractivity contribution in [1.29, 1.82) is 0 Å². The van der Waals surface area contributed by atoms with Gasteiger partial charge < -0.3 is 0 Å². The maximum atomic E-state index is 2.55. The van der Waals surface area contributed by atoms with Gasteiger partial charge in [0.05, 0.1) is 0 Å². The Morgan fingerprint density at radius 3 is 2.44 bits per heavy atom. The maximum absolute atomic E-state index is 2.55. The van der Waals surface area contributed by atoms with Crippen LogP contribution in [0.5, 0.6) is 0 Å². The van der Waals surface area contributed by atoms with E-state index >= 15 is 0 Å². The second-order valence-corrected chi connectivity index (χ2v) is 6.70. The van der Waals surface area contributed by atoms with Gasteiger partial charge in [-0.05, 0) is 61.2 Å². The Kier molecular flexibility index (Phi) is 2.85. The predicted molar refractivity (Wildman–Crippen MR) is 69.1 cm³/mol. The average Bonchev–Trinajstić information content (AvgIpc) is 2.92. The molecule has 0 heteroatoms. The number of hydrogen-bond donors (Lipinski definition) is 0. The van der Waals surface area contributed by atoms with E-state index < -0.39 is 0 Å². The maximum Gasteiger partial charge on any atom is -0.0197 e. The van der Waals surface area contributed by atoms with Gasteiger partial charge in [-0.1, -0.05) is 38.8 Å². The second-order valence-electron chi connectivity index (χ2n) is 6.70. The minimum absolute atomic E-state index is 0.857. The first kappa shape index (κ1) is 10.9. The zero-order valence-corrected chi connectivity index (χ0v) is 10.9. The van der Waals surface area contributed by atoms with Crippen molar-refractivity contribution in [2.45, 2.75) is 52.4 Å². The van der Waals surface area contributed by atoms with Crippen LogP contribution in [-0.2, 0) is 0 Å². The van der Waals surface area contributed by atoms with Gasteiger partial charge in [-0.15, -0.1) is 0 Å².